The first-order valence-electron chi connectivity index (χ1n) is 9.76. The van der Waals surface area contributed by atoms with Gasteiger partial charge in [0.2, 0.25) is 0 Å². The number of carboxylic acids is 1. The monoisotopic (exact) mass is 413 g/mol. The smallest absolute Gasteiger partial charge is 0.334 e. The van der Waals surface area contributed by atoms with Gasteiger partial charge in [0, 0.05) is 11.8 Å². The predicted octanol–water partition coefficient (Wildman–Crippen LogP) is 3.20. The molecule has 0 amide bonds. The molecule has 5 rings (SSSR count). The van der Waals surface area contributed by atoms with Crippen molar-refractivity contribution < 1.29 is 9.90 Å². The zero-order valence-corrected chi connectivity index (χ0v) is 17.0. The number of pyridine rings is 2. The van der Waals surface area contributed by atoms with E-state index in [1.165, 1.54) is 4.57 Å². The number of imidazole rings is 2. The molecule has 0 radical (unpaired) electrons. The van der Waals surface area contributed by atoms with Crippen LogP contribution in [0.3, 0.4) is 0 Å². The number of hydrogen-bond donors (Lipinski definition) is 1. The van der Waals surface area contributed by atoms with E-state index >= 15 is 0 Å². The van der Waals surface area contributed by atoms with E-state index < -0.39 is 18.2 Å². The van der Waals surface area contributed by atoms with E-state index in [0.717, 1.165) is 27.9 Å². The number of para-hydroxylation sites is 1. The number of carboxylic acid groups (broad SMARTS) is 1. The van der Waals surface area contributed by atoms with Gasteiger partial charge in [-0.2, -0.15) is 0 Å². The van der Waals surface area contributed by atoms with Crippen molar-refractivity contribution in [2.75, 3.05) is 0 Å². The first-order valence-corrected chi connectivity index (χ1v) is 9.76. The second-order valence-electron chi connectivity index (χ2n) is 7.50. The van der Waals surface area contributed by atoms with Crippen LogP contribution in [0.2, 0.25) is 0 Å². The molecule has 0 spiro atoms. The molecule has 5 aromatic rings. The largest absolute Gasteiger partial charge is 0.480 e. The average Bonchev–Trinajstić information content (AvgIpc) is 3.32. The minimum atomic E-state index is -1.07. The summed E-state index contributed by atoms with van der Waals surface area (Å²) in [5.41, 5.74) is 5.87. The van der Waals surface area contributed by atoms with Gasteiger partial charge in [-0.05, 0) is 49.2 Å². The maximum absolute atomic E-state index is 13.2. The molecule has 0 saturated heterocycles. The first kappa shape index (κ1) is 18.8. The normalized spacial score (nSPS) is 11.4. The quantitative estimate of drug-likeness (QED) is 0.488. The number of carbonyl (C=O) groups is 1. The molecule has 31 heavy (non-hydrogen) atoms. The fourth-order valence-electron chi connectivity index (χ4n) is 4.08. The van der Waals surface area contributed by atoms with E-state index in [-0.39, 0.29) is 0 Å². The zero-order chi connectivity index (χ0) is 21.7. The van der Waals surface area contributed by atoms with Crippen molar-refractivity contribution >= 4 is 22.5 Å². The molecule has 0 aliphatic heterocycles. The van der Waals surface area contributed by atoms with Crippen molar-refractivity contribution in [2.45, 2.75) is 20.4 Å². The van der Waals surface area contributed by atoms with Gasteiger partial charge in [-0.3, -0.25) is 18.9 Å². The van der Waals surface area contributed by atoms with Gasteiger partial charge >= 0.3 is 11.7 Å². The molecule has 8 heteroatoms. The molecule has 4 heterocycles. The topological polar surface area (TPSA) is 94.4 Å². The number of nitrogens with zero attached hydrogens (tertiary/aromatic N) is 5. The van der Waals surface area contributed by atoms with E-state index in [2.05, 4.69) is 9.97 Å². The van der Waals surface area contributed by atoms with Gasteiger partial charge in [-0.25, -0.2) is 9.78 Å². The van der Waals surface area contributed by atoms with Crippen molar-refractivity contribution in [1.29, 1.82) is 0 Å². The third kappa shape index (κ3) is 2.92. The lowest BCUT2D eigenvalue weighted by molar-refractivity contribution is -0.137. The molecule has 1 aromatic carbocycles. The van der Waals surface area contributed by atoms with Crippen LogP contribution in [0.5, 0.6) is 0 Å². The van der Waals surface area contributed by atoms with E-state index in [1.54, 1.807) is 29.4 Å². The number of fused-ring (bicyclic) bond motifs is 2. The Labute approximate surface area is 176 Å². The number of rotatable bonds is 4. The van der Waals surface area contributed by atoms with Crippen LogP contribution in [0.1, 0.15) is 11.1 Å². The minimum absolute atomic E-state index is 0.401. The van der Waals surface area contributed by atoms with Crippen molar-refractivity contribution in [3.63, 3.8) is 0 Å². The van der Waals surface area contributed by atoms with E-state index in [4.69, 9.17) is 0 Å². The SMILES string of the molecule is Cc1cc(-c2cccn3cncc23)ncc1-n1c(=O)n(CC(=O)O)c2cccc(C)c21. The Hall–Kier alpha value is -4.20. The number of benzene rings is 1. The summed E-state index contributed by atoms with van der Waals surface area (Å²) < 4.78 is 4.76. The van der Waals surface area contributed by atoms with Crippen LogP contribution >= 0.6 is 0 Å². The van der Waals surface area contributed by atoms with Crippen LogP contribution in [0.4, 0.5) is 0 Å². The van der Waals surface area contributed by atoms with Crippen molar-refractivity contribution in [3.8, 4) is 16.9 Å². The van der Waals surface area contributed by atoms with Gasteiger partial charge in [-0.15, -0.1) is 0 Å². The summed E-state index contributed by atoms with van der Waals surface area (Å²) in [5.74, 6) is -1.07. The van der Waals surface area contributed by atoms with E-state index in [0.29, 0.717) is 16.7 Å². The molecule has 0 aliphatic carbocycles. The van der Waals surface area contributed by atoms with Crippen LogP contribution < -0.4 is 5.69 Å². The molecule has 0 aliphatic rings. The summed E-state index contributed by atoms with van der Waals surface area (Å²) in [6.45, 7) is 3.42. The second kappa shape index (κ2) is 6.94. The number of aromatic nitrogens is 5. The third-order valence-electron chi connectivity index (χ3n) is 5.50. The fraction of sp³-hybridized carbons (Fsp3) is 0.130. The van der Waals surface area contributed by atoms with Crippen molar-refractivity contribution in [1.82, 2.24) is 23.5 Å². The van der Waals surface area contributed by atoms with Crippen molar-refractivity contribution in [3.05, 3.63) is 82.9 Å². The summed E-state index contributed by atoms with van der Waals surface area (Å²) in [6, 6.07) is 11.3. The summed E-state index contributed by atoms with van der Waals surface area (Å²) >= 11 is 0. The van der Waals surface area contributed by atoms with Gasteiger partial charge in [0.05, 0.1) is 46.7 Å². The lowest BCUT2D eigenvalue weighted by atomic mass is 10.1. The first-order chi connectivity index (χ1) is 15.0. The Morgan fingerprint density at radius 3 is 2.68 bits per heavy atom. The van der Waals surface area contributed by atoms with E-state index in [1.807, 2.05) is 54.8 Å². The summed E-state index contributed by atoms with van der Waals surface area (Å²) in [7, 11) is 0. The number of aryl methyl sites for hydroxylation is 2. The van der Waals surface area contributed by atoms with Crippen LogP contribution in [0.15, 0.2) is 66.1 Å². The molecule has 8 nitrogen and oxygen atoms in total. The van der Waals surface area contributed by atoms with Gasteiger partial charge in [0.1, 0.15) is 6.54 Å². The summed E-state index contributed by atoms with van der Waals surface area (Å²) in [4.78, 5) is 33.4. The molecule has 0 saturated carbocycles. The molecule has 0 bridgehead atoms. The Morgan fingerprint density at radius 1 is 1.06 bits per heavy atom. The van der Waals surface area contributed by atoms with Gasteiger partial charge in [-0.1, -0.05) is 12.1 Å². The molecule has 1 N–H and O–H groups in total. The molecular formula is C23H19N5O3. The van der Waals surface area contributed by atoms with Gasteiger partial charge in [0.25, 0.3) is 0 Å². The highest BCUT2D eigenvalue weighted by atomic mass is 16.4. The zero-order valence-electron chi connectivity index (χ0n) is 17.0. The third-order valence-corrected chi connectivity index (χ3v) is 5.50. The number of hydrogen-bond acceptors (Lipinski definition) is 4. The van der Waals surface area contributed by atoms with E-state index in [9.17, 15) is 14.7 Å². The van der Waals surface area contributed by atoms with Crippen LogP contribution in [-0.2, 0) is 11.3 Å². The molecule has 0 fully saturated rings. The predicted molar refractivity (Wildman–Crippen MR) is 117 cm³/mol. The minimum Gasteiger partial charge on any atom is -0.480 e. The fourth-order valence-corrected chi connectivity index (χ4v) is 4.08. The highest BCUT2D eigenvalue weighted by Gasteiger charge is 2.20. The summed E-state index contributed by atoms with van der Waals surface area (Å²) in [5, 5.41) is 9.30. The van der Waals surface area contributed by atoms with Crippen LogP contribution in [-0.4, -0.2) is 34.6 Å². The molecule has 0 unspecified atom stereocenters. The number of aliphatic carboxylic acids is 1. The lowest BCUT2D eigenvalue weighted by Gasteiger charge is -2.11. The van der Waals surface area contributed by atoms with Crippen molar-refractivity contribution in [2.24, 2.45) is 0 Å². The Morgan fingerprint density at radius 2 is 1.90 bits per heavy atom. The lowest BCUT2D eigenvalue weighted by Crippen LogP contribution is -2.26. The Balaban J connectivity index is 1.73. The van der Waals surface area contributed by atoms with Crippen LogP contribution in [0, 0.1) is 13.8 Å². The Bertz CT molecular complexity index is 1540. The molecular weight excluding hydrogens is 394 g/mol. The maximum atomic E-state index is 13.2. The summed E-state index contributed by atoms with van der Waals surface area (Å²) in [6.07, 6.45) is 7.11. The standard InChI is InChI=1S/C23H19N5O3/c1-14-5-3-7-18-22(14)28(23(31)27(18)12-21(29)30)19-11-25-17(9-15(19)2)16-6-4-8-26-13-24-10-20(16)26/h3-11,13H,12H2,1-2H3,(H,29,30). The average molecular weight is 413 g/mol. The highest BCUT2D eigenvalue weighted by Crippen LogP contribution is 2.27. The van der Waals surface area contributed by atoms with Gasteiger partial charge < -0.3 is 9.51 Å². The Kier molecular flexibility index (Phi) is 4.21. The van der Waals surface area contributed by atoms with Crippen LogP contribution in [0.25, 0.3) is 33.5 Å². The molecule has 154 valence electrons. The van der Waals surface area contributed by atoms with Gasteiger partial charge in [0.15, 0.2) is 0 Å². The molecule has 0 atom stereocenters. The molecule has 4 aromatic heterocycles. The second-order valence-corrected chi connectivity index (χ2v) is 7.50. The highest BCUT2D eigenvalue weighted by molar-refractivity contribution is 5.84. The maximum Gasteiger partial charge on any atom is 0.334 e.